The Morgan fingerprint density at radius 2 is 1.72 bits per heavy atom. The molecule has 1 aliphatic rings. The van der Waals surface area contributed by atoms with Crippen molar-refractivity contribution in [1.82, 2.24) is 10.6 Å². The number of nitrogens with zero attached hydrogens (tertiary/aromatic N) is 2. The lowest BCUT2D eigenvalue weighted by molar-refractivity contribution is -0.117. The summed E-state index contributed by atoms with van der Waals surface area (Å²) in [5.74, 6) is -0.178. The summed E-state index contributed by atoms with van der Waals surface area (Å²) < 4.78 is 0. The molecule has 0 fully saturated rings. The maximum atomic E-state index is 12.7. The highest BCUT2D eigenvalue weighted by atomic mass is 16.2. The third kappa shape index (κ3) is 4.25. The van der Waals surface area contributed by atoms with Crippen LogP contribution in [-0.2, 0) is 4.79 Å². The van der Waals surface area contributed by atoms with E-state index in [-0.39, 0.29) is 23.1 Å². The van der Waals surface area contributed by atoms with Crippen LogP contribution >= 0.6 is 0 Å². The first-order chi connectivity index (χ1) is 13.9. The zero-order valence-corrected chi connectivity index (χ0v) is 16.6. The summed E-state index contributed by atoms with van der Waals surface area (Å²) in [6.07, 6.45) is 0. The average Bonchev–Trinajstić information content (AvgIpc) is 3.05. The Labute approximate surface area is 170 Å². The van der Waals surface area contributed by atoms with Gasteiger partial charge in [0, 0.05) is 23.2 Å². The molecule has 0 aliphatic carbocycles. The molecule has 146 valence electrons. The Morgan fingerprint density at radius 3 is 2.38 bits per heavy atom. The van der Waals surface area contributed by atoms with Gasteiger partial charge in [0.1, 0.15) is 17.5 Å². The smallest absolute Gasteiger partial charge is 0.264 e. The second-order valence-electron chi connectivity index (χ2n) is 7.21. The first-order valence-electron chi connectivity index (χ1n) is 9.40. The minimum absolute atomic E-state index is 0.0711. The van der Waals surface area contributed by atoms with Gasteiger partial charge in [0.2, 0.25) is 0 Å². The number of fused-ring (bicyclic) bond motifs is 1. The van der Waals surface area contributed by atoms with Crippen molar-refractivity contribution in [1.29, 1.82) is 5.26 Å². The van der Waals surface area contributed by atoms with Crippen LogP contribution in [0.5, 0.6) is 0 Å². The first kappa shape index (κ1) is 20.0. The standard InChI is InChI=1S/C23H22N4O2/c1-14(2)13-25-22(28)19(12-24)20-17-10-6-7-11-18(17)21(26-20)27-23(29)16-9-5-4-8-15(16)3/h4-11,14H,13H2,1-3H3,(H,25,28)(H,26,27,29). The van der Waals surface area contributed by atoms with Crippen LogP contribution in [0.3, 0.4) is 0 Å². The van der Waals surface area contributed by atoms with Gasteiger partial charge >= 0.3 is 0 Å². The molecule has 0 radical (unpaired) electrons. The molecule has 6 heteroatoms. The second kappa shape index (κ2) is 8.53. The molecule has 0 saturated carbocycles. The van der Waals surface area contributed by atoms with E-state index in [0.29, 0.717) is 29.1 Å². The lowest BCUT2D eigenvalue weighted by Crippen LogP contribution is -2.30. The minimum Gasteiger partial charge on any atom is -0.351 e. The molecule has 2 aromatic rings. The predicted octanol–water partition coefficient (Wildman–Crippen LogP) is 3.19. The van der Waals surface area contributed by atoms with Gasteiger partial charge in [-0.05, 0) is 24.5 Å². The van der Waals surface area contributed by atoms with Crippen molar-refractivity contribution in [3.63, 3.8) is 0 Å². The van der Waals surface area contributed by atoms with Gasteiger partial charge in [-0.2, -0.15) is 5.26 Å². The molecular formula is C23H22N4O2. The number of nitrogens with one attached hydrogen (secondary N) is 2. The highest BCUT2D eigenvalue weighted by molar-refractivity contribution is 6.20. The van der Waals surface area contributed by atoms with Gasteiger partial charge in [-0.3, -0.25) is 9.59 Å². The highest BCUT2D eigenvalue weighted by Crippen LogP contribution is 2.30. The van der Waals surface area contributed by atoms with Gasteiger partial charge in [-0.1, -0.05) is 56.3 Å². The third-order valence-corrected chi connectivity index (χ3v) is 4.53. The topological polar surface area (TPSA) is 94.3 Å². The monoisotopic (exact) mass is 386 g/mol. The van der Waals surface area contributed by atoms with Gasteiger partial charge in [-0.25, -0.2) is 4.99 Å². The van der Waals surface area contributed by atoms with Crippen LogP contribution in [-0.4, -0.2) is 24.2 Å². The summed E-state index contributed by atoms with van der Waals surface area (Å²) >= 11 is 0. The van der Waals surface area contributed by atoms with Gasteiger partial charge in [0.05, 0.1) is 5.70 Å². The summed E-state index contributed by atoms with van der Waals surface area (Å²) in [6.45, 7) is 6.26. The zero-order valence-electron chi connectivity index (χ0n) is 16.6. The predicted molar refractivity (Wildman–Crippen MR) is 112 cm³/mol. The number of carbonyl (C=O) groups excluding carboxylic acids is 2. The number of aliphatic imine (C=N–C) groups is 1. The molecule has 0 aromatic heterocycles. The lowest BCUT2D eigenvalue weighted by atomic mass is 10.0. The molecular weight excluding hydrogens is 364 g/mol. The molecule has 1 heterocycles. The summed E-state index contributed by atoms with van der Waals surface area (Å²) in [4.78, 5) is 29.7. The molecule has 0 saturated heterocycles. The fourth-order valence-corrected chi connectivity index (χ4v) is 3.01. The Balaban J connectivity index is 1.99. The second-order valence-corrected chi connectivity index (χ2v) is 7.21. The summed E-state index contributed by atoms with van der Waals surface area (Å²) in [5.41, 5.74) is 2.90. The number of benzene rings is 2. The van der Waals surface area contributed by atoms with E-state index in [1.807, 2.05) is 51.1 Å². The molecule has 0 spiro atoms. The molecule has 2 amide bonds. The van der Waals surface area contributed by atoms with E-state index in [0.717, 1.165) is 5.56 Å². The van der Waals surface area contributed by atoms with E-state index in [9.17, 15) is 14.9 Å². The number of nitriles is 1. The summed E-state index contributed by atoms with van der Waals surface area (Å²) in [6, 6.07) is 16.5. The average molecular weight is 386 g/mol. The highest BCUT2D eigenvalue weighted by Gasteiger charge is 2.27. The number of rotatable bonds is 4. The van der Waals surface area contributed by atoms with E-state index in [1.165, 1.54) is 0 Å². The number of amides is 2. The fraction of sp³-hybridized carbons (Fsp3) is 0.217. The van der Waals surface area contributed by atoms with Crippen LogP contribution in [0.2, 0.25) is 0 Å². The molecule has 2 aromatic carbocycles. The van der Waals surface area contributed by atoms with Gasteiger partial charge in [0.25, 0.3) is 11.8 Å². The minimum atomic E-state index is -0.471. The van der Waals surface area contributed by atoms with Crippen molar-refractivity contribution in [3.8, 4) is 6.07 Å². The first-order valence-corrected chi connectivity index (χ1v) is 9.40. The van der Waals surface area contributed by atoms with Crippen LogP contribution in [0.4, 0.5) is 0 Å². The Hall–Kier alpha value is -3.72. The van der Waals surface area contributed by atoms with Gasteiger partial charge in [-0.15, -0.1) is 0 Å². The van der Waals surface area contributed by atoms with E-state index in [2.05, 4.69) is 15.6 Å². The van der Waals surface area contributed by atoms with Crippen LogP contribution in [0.15, 0.2) is 59.1 Å². The van der Waals surface area contributed by atoms with Crippen molar-refractivity contribution in [3.05, 3.63) is 76.4 Å². The lowest BCUT2D eigenvalue weighted by Gasteiger charge is -2.08. The molecule has 3 rings (SSSR count). The van der Waals surface area contributed by atoms with E-state index in [1.54, 1.807) is 24.3 Å². The molecule has 2 N–H and O–H groups in total. The SMILES string of the molecule is Cc1ccccc1C(=O)NC1=NC(=C(C#N)C(=O)NCC(C)C)c2ccccc21. The van der Waals surface area contributed by atoms with Gasteiger partial charge in [0.15, 0.2) is 0 Å². The van der Waals surface area contributed by atoms with Crippen molar-refractivity contribution in [2.45, 2.75) is 20.8 Å². The van der Waals surface area contributed by atoms with Crippen LogP contribution in [0.25, 0.3) is 5.70 Å². The number of aryl methyl sites for hydroxylation is 1. The quantitative estimate of drug-likeness (QED) is 0.624. The maximum Gasteiger partial charge on any atom is 0.264 e. The molecule has 6 nitrogen and oxygen atoms in total. The Kier molecular flexibility index (Phi) is 5.89. The molecule has 0 bridgehead atoms. The molecule has 0 unspecified atom stereocenters. The summed E-state index contributed by atoms with van der Waals surface area (Å²) in [7, 11) is 0. The van der Waals surface area contributed by atoms with Crippen molar-refractivity contribution in [2.24, 2.45) is 10.9 Å². The van der Waals surface area contributed by atoms with E-state index in [4.69, 9.17) is 0 Å². The largest absolute Gasteiger partial charge is 0.351 e. The van der Waals surface area contributed by atoms with E-state index >= 15 is 0 Å². The third-order valence-electron chi connectivity index (χ3n) is 4.53. The number of amidine groups is 1. The van der Waals surface area contributed by atoms with Crippen LogP contribution in [0, 0.1) is 24.2 Å². The molecule has 0 atom stereocenters. The zero-order chi connectivity index (χ0) is 21.0. The van der Waals surface area contributed by atoms with Crippen LogP contribution in [0.1, 0.15) is 40.9 Å². The molecule has 29 heavy (non-hydrogen) atoms. The normalized spacial score (nSPS) is 14.0. The number of carbonyl (C=O) groups is 2. The maximum absolute atomic E-state index is 12.7. The number of hydrogen-bond donors (Lipinski definition) is 2. The van der Waals surface area contributed by atoms with Crippen molar-refractivity contribution < 1.29 is 9.59 Å². The van der Waals surface area contributed by atoms with E-state index < -0.39 is 5.91 Å². The Morgan fingerprint density at radius 1 is 1.07 bits per heavy atom. The fourth-order valence-electron chi connectivity index (χ4n) is 3.01. The Bertz CT molecular complexity index is 1070. The van der Waals surface area contributed by atoms with Crippen molar-refractivity contribution in [2.75, 3.05) is 6.54 Å². The number of hydrogen-bond acceptors (Lipinski definition) is 4. The van der Waals surface area contributed by atoms with Gasteiger partial charge < -0.3 is 10.6 Å². The van der Waals surface area contributed by atoms with Crippen molar-refractivity contribution >= 4 is 23.3 Å². The molecule has 1 aliphatic heterocycles. The van der Waals surface area contributed by atoms with Crippen LogP contribution < -0.4 is 10.6 Å². The summed E-state index contributed by atoms with van der Waals surface area (Å²) in [5, 5.41) is 15.2.